The molecule has 0 unspecified atom stereocenters. The first-order valence-corrected chi connectivity index (χ1v) is 10.4. The van der Waals surface area contributed by atoms with E-state index in [0.29, 0.717) is 24.3 Å². The van der Waals surface area contributed by atoms with E-state index >= 15 is 0 Å². The van der Waals surface area contributed by atoms with Gasteiger partial charge in [-0.2, -0.15) is 0 Å². The Morgan fingerprint density at radius 3 is 2.59 bits per heavy atom. The maximum absolute atomic E-state index is 13.3. The lowest BCUT2D eigenvalue weighted by Gasteiger charge is -2.31. The van der Waals surface area contributed by atoms with Gasteiger partial charge in [-0.15, -0.1) is 11.3 Å². The largest absolute Gasteiger partial charge is 0.331 e. The Labute approximate surface area is 172 Å². The molecular weight excluding hydrogens is 382 g/mol. The molecule has 1 aliphatic heterocycles. The van der Waals surface area contributed by atoms with Crippen molar-refractivity contribution in [2.75, 3.05) is 31.1 Å². The Hall–Kier alpha value is -3.32. The summed E-state index contributed by atoms with van der Waals surface area (Å²) < 4.78 is 1.10. The highest BCUT2D eigenvalue weighted by Gasteiger charge is 2.28. The number of aromatic amines is 1. The van der Waals surface area contributed by atoms with E-state index in [0.717, 1.165) is 34.1 Å². The molecule has 0 bridgehead atoms. The van der Waals surface area contributed by atoms with Gasteiger partial charge in [0.2, 0.25) is 0 Å². The third kappa shape index (κ3) is 3.45. The number of H-pyrrole nitrogens is 1. The number of thiazole rings is 1. The molecule has 7 heteroatoms. The molecule has 1 saturated heterocycles. The quantitative estimate of drug-likeness (QED) is 0.528. The van der Waals surface area contributed by atoms with Crippen molar-refractivity contribution in [1.29, 1.82) is 0 Å². The van der Waals surface area contributed by atoms with Gasteiger partial charge >= 0.3 is 0 Å². The minimum absolute atomic E-state index is 0.0176. The summed E-state index contributed by atoms with van der Waals surface area (Å²) in [6, 6.07) is 17.7. The fourth-order valence-corrected chi connectivity index (χ4v) is 4.60. The van der Waals surface area contributed by atoms with Gasteiger partial charge in [-0.25, -0.2) is 9.97 Å². The van der Waals surface area contributed by atoms with Gasteiger partial charge in [0.1, 0.15) is 23.8 Å². The number of carbonyl (C=O) groups excluding carboxylic acids is 1. The third-order valence-electron chi connectivity index (χ3n) is 5.13. The number of fused-ring (bicyclic) bond motifs is 1. The van der Waals surface area contributed by atoms with Crippen LogP contribution in [0.15, 0.2) is 67.0 Å². The minimum atomic E-state index is 0.0176. The first kappa shape index (κ1) is 17.8. The van der Waals surface area contributed by atoms with Crippen LogP contribution in [0.5, 0.6) is 0 Å². The molecule has 5 rings (SSSR count). The highest BCUT2D eigenvalue weighted by Crippen LogP contribution is 2.31. The van der Waals surface area contributed by atoms with E-state index in [1.807, 2.05) is 59.6 Å². The second-order valence-corrected chi connectivity index (χ2v) is 7.94. The van der Waals surface area contributed by atoms with E-state index in [9.17, 15) is 4.79 Å². The van der Waals surface area contributed by atoms with Gasteiger partial charge in [0.15, 0.2) is 0 Å². The smallest absolute Gasteiger partial charge is 0.274 e. The number of piperazine rings is 1. The van der Waals surface area contributed by atoms with Gasteiger partial charge in [0, 0.05) is 12.3 Å². The number of aromatic nitrogens is 3. The van der Waals surface area contributed by atoms with Crippen LogP contribution in [0, 0.1) is 0 Å². The van der Waals surface area contributed by atoms with Crippen molar-refractivity contribution >= 4 is 33.3 Å². The number of pyridine rings is 2. The summed E-state index contributed by atoms with van der Waals surface area (Å²) in [6.45, 7) is 2.94. The number of anilines is 1. The zero-order valence-corrected chi connectivity index (χ0v) is 16.6. The van der Waals surface area contributed by atoms with Crippen molar-refractivity contribution in [2.24, 2.45) is 0 Å². The Balaban J connectivity index is 1.38. The number of benzene rings is 1. The molecule has 0 aliphatic carbocycles. The monoisotopic (exact) mass is 402 g/mol. The second-order valence-electron chi connectivity index (χ2n) is 6.91. The summed E-state index contributed by atoms with van der Waals surface area (Å²) in [7, 11) is 0. The predicted molar refractivity (Wildman–Crippen MR) is 114 cm³/mol. The highest BCUT2D eigenvalue weighted by atomic mass is 32.1. The molecule has 4 aromatic rings. The lowest BCUT2D eigenvalue weighted by atomic mass is 10.1. The number of nitrogens with zero attached hydrogens (tertiary/aromatic N) is 4. The molecule has 1 aromatic carbocycles. The topological polar surface area (TPSA) is 63.5 Å². The van der Waals surface area contributed by atoms with Crippen LogP contribution in [0.3, 0.4) is 0 Å². The van der Waals surface area contributed by atoms with Crippen LogP contribution in [0.2, 0.25) is 0 Å². The summed E-state index contributed by atoms with van der Waals surface area (Å²) in [5.41, 5.74) is 2.22. The summed E-state index contributed by atoms with van der Waals surface area (Å²) >= 11 is 1.57. The maximum atomic E-state index is 13.3. The van der Waals surface area contributed by atoms with Crippen LogP contribution < -0.4 is 9.88 Å². The average Bonchev–Trinajstić information content (AvgIpc) is 3.23. The van der Waals surface area contributed by atoms with Crippen LogP contribution in [0.1, 0.15) is 10.4 Å². The summed E-state index contributed by atoms with van der Waals surface area (Å²) in [5.74, 6) is 1.10. The van der Waals surface area contributed by atoms with Gasteiger partial charge in [-0.1, -0.05) is 18.2 Å². The van der Waals surface area contributed by atoms with Crippen molar-refractivity contribution in [1.82, 2.24) is 14.9 Å². The van der Waals surface area contributed by atoms with Crippen molar-refractivity contribution < 1.29 is 9.78 Å². The van der Waals surface area contributed by atoms with E-state index in [-0.39, 0.29) is 5.91 Å². The van der Waals surface area contributed by atoms with Gasteiger partial charge in [0.25, 0.3) is 11.7 Å². The predicted octanol–water partition coefficient (Wildman–Crippen LogP) is 3.13. The van der Waals surface area contributed by atoms with Gasteiger partial charge in [-0.3, -0.25) is 14.7 Å². The van der Waals surface area contributed by atoms with E-state index in [2.05, 4.69) is 20.9 Å². The molecule has 1 amide bonds. The number of rotatable bonds is 3. The molecule has 4 heterocycles. The molecule has 3 aromatic heterocycles. The molecule has 29 heavy (non-hydrogen) atoms. The Bertz CT molecular complexity index is 1120. The fraction of sp³-hybridized carbons (Fsp3) is 0.182. The summed E-state index contributed by atoms with van der Waals surface area (Å²) in [5, 5.41) is 0.785. The number of para-hydroxylation sites is 1. The average molecular weight is 403 g/mol. The van der Waals surface area contributed by atoms with Crippen LogP contribution in [-0.4, -0.2) is 47.0 Å². The third-order valence-corrected chi connectivity index (χ3v) is 6.18. The molecule has 0 saturated carbocycles. The van der Waals surface area contributed by atoms with Crippen LogP contribution in [0.25, 0.3) is 20.9 Å². The SMILES string of the molecule is O=C(c1cccnc1-c1nc2ccccc2s1)N1CCN(c2cccc[nH+]2)CC1. The lowest BCUT2D eigenvalue weighted by Crippen LogP contribution is -2.50. The van der Waals surface area contributed by atoms with E-state index in [1.165, 1.54) is 0 Å². The number of hydrogen-bond acceptors (Lipinski definition) is 5. The van der Waals surface area contributed by atoms with E-state index in [4.69, 9.17) is 4.98 Å². The van der Waals surface area contributed by atoms with Crippen molar-refractivity contribution in [3.05, 3.63) is 72.6 Å². The molecule has 1 aliphatic rings. The molecule has 1 N–H and O–H groups in total. The molecule has 0 radical (unpaired) electrons. The number of amides is 1. The fourth-order valence-electron chi connectivity index (χ4n) is 3.62. The summed E-state index contributed by atoms with van der Waals surface area (Å²) in [6.07, 6.45) is 3.65. The molecule has 6 nitrogen and oxygen atoms in total. The molecule has 0 atom stereocenters. The van der Waals surface area contributed by atoms with Crippen molar-refractivity contribution in [3.63, 3.8) is 0 Å². The molecule has 1 fully saturated rings. The van der Waals surface area contributed by atoms with E-state index < -0.39 is 0 Å². The Kier molecular flexibility index (Phi) is 4.65. The minimum Gasteiger partial charge on any atom is -0.331 e. The zero-order chi connectivity index (χ0) is 19.6. The normalized spacial score (nSPS) is 14.3. The van der Waals surface area contributed by atoms with Crippen LogP contribution in [-0.2, 0) is 0 Å². The van der Waals surface area contributed by atoms with Crippen LogP contribution >= 0.6 is 11.3 Å². The van der Waals surface area contributed by atoms with Gasteiger partial charge in [0.05, 0.1) is 35.1 Å². The number of hydrogen-bond donors (Lipinski definition) is 0. The Morgan fingerprint density at radius 1 is 0.966 bits per heavy atom. The maximum Gasteiger partial charge on any atom is 0.274 e. The Morgan fingerprint density at radius 2 is 1.79 bits per heavy atom. The first-order chi connectivity index (χ1) is 14.3. The lowest BCUT2D eigenvalue weighted by molar-refractivity contribution is -0.364. The zero-order valence-electron chi connectivity index (χ0n) is 15.8. The van der Waals surface area contributed by atoms with Crippen LogP contribution in [0.4, 0.5) is 5.82 Å². The highest BCUT2D eigenvalue weighted by molar-refractivity contribution is 7.21. The van der Waals surface area contributed by atoms with Gasteiger partial charge in [-0.05, 0) is 30.3 Å². The standard InChI is InChI=1S/C22H19N5OS/c28-22(27-14-12-26(13-15-27)19-9-3-4-10-23-19)16-6-5-11-24-20(16)21-25-17-7-1-2-8-18(17)29-21/h1-11H,12-15H2/p+1. The van der Waals surface area contributed by atoms with Crippen molar-refractivity contribution in [3.8, 4) is 10.7 Å². The second kappa shape index (κ2) is 7.60. The number of carbonyl (C=O) groups is 1. The molecular formula is C22H20N5OS+. The van der Waals surface area contributed by atoms with Crippen molar-refractivity contribution in [2.45, 2.75) is 0 Å². The molecule has 144 valence electrons. The summed E-state index contributed by atoms with van der Waals surface area (Å²) in [4.78, 5) is 29.9. The molecule has 0 spiro atoms. The number of nitrogens with one attached hydrogen (secondary N) is 1. The van der Waals surface area contributed by atoms with E-state index in [1.54, 1.807) is 17.5 Å². The van der Waals surface area contributed by atoms with Gasteiger partial charge < -0.3 is 4.90 Å². The first-order valence-electron chi connectivity index (χ1n) is 9.61.